The molecule has 0 saturated heterocycles. The minimum Gasteiger partial charge on any atom is -1.00 e. The molecular weight excluding hydrogens is 354 g/mol. The number of aromatic nitrogens is 1. The predicted molar refractivity (Wildman–Crippen MR) is 79.7 cm³/mol. The third kappa shape index (κ3) is 3.40. The molecule has 0 aliphatic carbocycles. The third-order valence-electron chi connectivity index (χ3n) is 2.91. The number of halogens is 2. The number of ether oxygens (including phenoxy) is 1. The van der Waals surface area contributed by atoms with Crippen molar-refractivity contribution in [1.82, 2.24) is 0 Å². The lowest BCUT2D eigenvalue weighted by Gasteiger charge is -2.01. The minimum atomic E-state index is -0.442. The molecule has 0 fully saturated rings. The second kappa shape index (κ2) is 6.70. The molecule has 0 aliphatic heterocycles. The summed E-state index contributed by atoms with van der Waals surface area (Å²) >= 11 is 3.47. The van der Waals surface area contributed by atoms with Crippen molar-refractivity contribution in [3.05, 3.63) is 71.5 Å². The Balaban J connectivity index is 0.00000161. The first-order valence-corrected chi connectivity index (χ1v) is 6.90. The molecule has 0 aliphatic rings. The average molecular weight is 365 g/mol. The number of para-hydroxylation sites is 1. The molecule has 3 aromatic rings. The molecule has 0 saturated carbocycles. The third-order valence-corrected chi connectivity index (χ3v) is 3.54. The van der Waals surface area contributed by atoms with Gasteiger partial charge in [0, 0.05) is 10.8 Å². The summed E-state index contributed by atoms with van der Waals surface area (Å²) in [5.74, 6) is 0.522. The van der Waals surface area contributed by atoms with E-state index in [2.05, 4.69) is 15.9 Å². The first kappa shape index (κ1) is 15.5. The van der Waals surface area contributed by atoms with Crippen LogP contribution in [0.15, 0.2) is 71.5 Å². The van der Waals surface area contributed by atoms with E-state index in [1.54, 1.807) is 24.5 Å². The lowest BCUT2D eigenvalue weighted by molar-refractivity contribution is -0.581. The highest BCUT2D eigenvalue weighted by atomic mass is 79.9. The summed E-state index contributed by atoms with van der Waals surface area (Å²) in [5, 5.41) is 2.02. The van der Waals surface area contributed by atoms with Crippen molar-refractivity contribution >= 4 is 32.8 Å². The quantitative estimate of drug-likeness (QED) is 0.602. The molecule has 5 heteroatoms. The Hall–Kier alpha value is -1.91. The Morgan fingerprint density at radius 2 is 1.62 bits per heavy atom. The molecule has 0 N–H and O–H groups in total. The van der Waals surface area contributed by atoms with Crippen molar-refractivity contribution in [2.45, 2.75) is 0 Å². The zero-order chi connectivity index (χ0) is 13.9. The number of hydrogen-bond donors (Lipinski definition) is 0. The molecule has 21 heavy (non-hydrogen) atoms. The number of carbonyl (C=O) groups is 1. The van der Waals surface area contributed by atoms with Gasteiger partial charge in [-0.3, -0.25) is 0 Å². The smallest absolute Gasteiger partial charge is 0.607 e. The Morgan fingerprint density at radius 3 is 2.38 bits per heavy atom. The molecule has 3 nitrogen and oxygen atoms in total. The molecule has 106 valence electrons. The molecule has 0 spiro atoms. The van der Waals surface area contributed by atoms with Crippen LogP contribution >= 0.6 is 15.9 Å². The van der Waals surface area contributed by atoms with Gasteiger partial charge >= 0.3 is 6.09 Å². The van der Waals surface area contributed by atoms with Crippen LogP contribution in [0.5, 0.6) is 5.75 Å². The van der Waals surface area contributed by atoms with Crippen molar-refractivity contribution in [3.63, 3.8) is 0 Å². The van der Waals surface area contributed by atoms with Gasteiger partial charge in [0.1, 0.15) is 5.75 Å². The Kier molecular flexibility index (Phi) is 4.94. The number of carbonyl (C=O) groups excluding carboxylic acids is 1. The zero-order valence-electron chi connectivity index (χ0n) is 10.9. The number of hydrogen-bond acceptors (Lipinski definition) is 2. The van der Waals surface area contributed by atoms with Gasteiger partial charge in [-0.25, -0.2) is 0 Å². The predicted octanol–water partition coefficient (Wildman–Crippen LogP) is 0.941. The molecule has 1 heterocycles. The van der Waals surface area contributed by atoms with E-state index in [0.29, 0.717) is 5.75 Å². The number of nitrogens with zero attached hydrogens (tertiary/aromatic N) is 1. The molecule has 0 radical (unpaired) electrons. The fourth-order valence-electron chi connectivity index (χ4n) is 1.95. The Bertz CT molecular complexity index is 778. The maximum absolute atomic E-state index is 12.1. The van der Waals surface area contributed by atoms with Gasteiger partial charge in [0.05, 0.1) is 4.47 Å². The van der Waals surface area contributed by atoms with E-state index in [9.17, 15) is 4.79 Å². The van der Waals surface area contributed by atoms with Crippen LogP contribution in [0.4, 0.5) is 4.79 Å². The summed E-state index contributed by atoms with van der Waals surface area (Å²) in [6, 6.07) is 16.8. The van der Waals surface area contributed by atoms with Crippen LogP contribution in [0.2, 0.25) is 0 Å². The van der Waals surface area contributed by atoms with Gasteiger partial charge < -0.3 is 17.1 Å². The van der Waals surface area contributed by atoms with Crippen molar-refractivity contribution in [1.29, 1.82) is 0 Å². The summed E-state index contributed by atoms with van der Waals surface area (Å²) in [7, 11) is 0. The minimum absolute atomic E-state index is 0. The molecule has 1 aromatic heterocycles. The second-order valence-electron chi connectivity index (χ2n) is 4.28. The first-order valence-electron chi connectivity index (χ1n) is 6.11. The van der Waals surface area contributed by atoms with Gasteiger partial charge in [-0.15, -0.1) is 0 Å². The van der Waals surface area contributed by atoms with Crippen molar-refractivity contribution in [2.24, 2.45) is 0 Å². The van der Waals surface area contributed by atoms with E-state index in [1.165, 1.54) is 4.57 Å². The molecule has 0 bridgehead atoms. The van der Waals surface area contributed by atoms with Gasteiger partial charge in [0.25, 0.3) is 0 Å². The number of rotatable bonds is 1. The highest BCUT2D eigenvalue weighted by Gasteiger charge is 2.19. The van der Waals surface area contributed by atoms with Gasteiger partial charge in [0.2, 0.25) is 0 Å². The standard InChI is InChI=1S/C16H11BrNO2.ClH/c17-15-11-18(10-12-6-4-5-9-14(12)15)16(19)20-13-7-2-1-3-8-13;/h1-11H;1H/q+1;/p-1. The van der Waals surface area contributed by atoms with Gasteiger partial charge in [0.15, 0.2) is 12.4 Å². The van der Waals surface area contributed by atoms with Crippen LogP contribution in [-0.4, -0.2) is 6.09 Å². The van der Waals surface area contributed by atoms with E-state index in [1.807, 2.05) is 42.5 Å². The lowest BCUT2D eigenvalue weighted by Crippen LogP contribution is -3.00. The molecule has 3 rings (SSSR count). The second-order valence-corrected chi connectivity index (χ2v) is 5.14. The fourth-order valence-corrected chi connectivity index (χ4v) is 2.53. The van der Waals surface area contributed by atoms with E-state index in [4.69, 9.17) is 4.74 Å². The van der Waals surface area contributed by atoms with Crippen LogP contribution in [-0.2, 0) is 0 Å². The van der Waals surface area contributed by atoms with Gasteiger partial charge in [-0.05, 0) is 34.1 Å². The highest BCUT2D eigenvalue weighted by Crippen LogP contribution is 2.21. The van der Waals surface area contributed by atoms with E-state index in [0.717, 1.165) is 15.2 Å². The Labute approximate surface area is 136 Å². The van der Waals surface area contributed by atoms with Crippen LogP contribution < -0.4 is 21.7 Å². The maximum Gasteiger partial charge on any atom is 0.607 e. The number of pyridine rings is 1. The monoisotopic (exact) mass is 363 g/mol. The molecule has 0 amide bonds. The van der Waals surface area contributed by atoms with Crippen LogP contribution in [0.3, 0.4) is 0 Å². The topological polar surface area (TPSA) is 30.2 Å². The van der Waals surface area contributed by atoms with Crippen LogP contribution in [0, 0.1) is 0 Å². The lowest BCUT2D eigenvalue weighted by atomic mass is 10.2. The summed E-state index contributed by atoms with van der Waals surface area (Å²) in [4.78, 5) is 12.1. The van der Waals surface area contributed by atoms with Crippen LogP contribution in [0.1, 0.15) is 0 Å². The summed E-state index contributed by atoms with van der Waals surface area (Å²) in [5.41, 5.74) is 0. The fraction of sp³-hybridized carbons (Fsp3) is 0. The van der Waals surface area contributed by atoms with Gasteiger partial charge in [-0.1, -0.05) is 41.0 Å². The number of benzene rings is 2. The largest absolute Gasteiger partial charge is 1.00 e. The van der Waals surface area contributed by atoms with Crippen molar-refractivity contribution in [2.75, 3.05) is 0 Å². The molecule has 0 atom stereocenters. The zero-order valence-corrected chi connectivity index (χ0v) is 13.2. The Morgan fingerprint density at radius 1 is 0.952 bits per heavy atom. The average Bonchev–Trinajstić information content (AvgIpc) is 2.48. The molecule has 0 unspecified atom stereocenters. The molecular formula is C16H11BrClNO2. The summed E-state index contributed by atoms with van der Waals surface area (Å²) < 4.78 is 7.59. The van der Waals surface area contributed by atoms with Crippen LogP contribution in [0.25, 0.3) is 10.8 Å². The van der Waals surface area contributed by atoms with E-state index in [-0.39, 0.29) is 12.4 Å². The van der Waals surface area contributed by atoms with E-state index < -0.39 is 6.09 Å². The highest BCUT2D eigenvalue weighted by molar-refractivity contribution is 9.10. The SMILES string of the molecule is O=C(Oc1ccccc1)[n+]1cc(Br)c2ccccc2c1.[Cl-]. The van der Waals surface area contributed by atoms with Crippen molar-refractivity contribution < 1.29 is 26.5 Å². The normalized spacial score (nSPS) is 9.95. The maximum atomic E-state index is 12.1. The summed E-state index contributed by atoms with van der Waals surface area (Å²) in [6.45, 7) is 0. The first-order chi connectivity index (χ1) is 9.74. The van der Waals surface area contributed by atoms with Gasteiger partial charge in [-0.2, -0.15) is 4.79 Å². The summed E-state index contributed by atoms with van der Waals surface area (Å²) in [6.07, 6.45) is 3.02. The number of fused-ring (bicyclic) bond motifs is 1. The van der Waals surface area contributed by atoms with Crippen molar-refractivity contribution in [3.8, 4) is 5.75 Å². The van der Waals surface area contributed by atoms with E-state index >= 15 is 0 Å². The molecule has 2 aromatic carbocycles.